The maximum Gasteiger partial charge on any atom is 0.131 e. The first-order valence-electron chi connectivity index (χ1n) is 6.20. The van der Waals surface area contributed by atoms with Crippen LogP contribution in [0.1, 0.15) is 26.3 Å². The van der Waals surface area contributed by atoms with Crippen LogP contribution in [0.2, 0.25) is 0 Å². The number of benzene rings is 2. The van der Waals surface area contributed by atoms with Crippen LogP contribution in [0.5, 0.6) is 0 Å². The molecule has 2 rings (SSSR count). The minimum absolute atomic E-state index is 0.0180. The molecule has 98 valence electrons. The second-order valence-corrected chi connectivity index (χ2v) is 8.31. The molecule has 2 aromatic carbocycles. The van der Waals surface area contributed by atoms with Crippen molar-refractivity contribution in [3.05, 3.63) is 41.7 Å². The smallest absolute Gasteiger partial charge is 0.131 e. The van der Waals surface area contributed by atoms with Crippen molar-refractivity contribution in [1.29, 1.82) is 0 Å². The maximum atomic E-state index is 14.2. The van der Waals surface area contributed by atoms with Gasteiger partial charge in [-0.15, -0.1) is 0 Å². The Kier molecular flexibility index (Phi) is 3.41. The number of hydrogen-bond donors (Lipinski definition) is 1. The van der Waals surface area contributed by atoms with E-state index in [1.165, 1.54) is 4.90 Å². The Hall–Kier alpha value is -1.02. The molecular weight excluding hydrogens is 243 g/mol. The maximum absolute atomic E-state index is 14.2. The van der Waals surface area contributed by atoms with Crippen LogP contribution in [-0.4, -0.2) is 12.5 Å². The van der Waals surface area contributed by atoms with Crippen molar-refractivity contribution in [1.82, 2.24) is 0 Å². The normalized spacial score (nSPS) is 12.9. The summed E-state index contributed by atoms with van der Waals surface area (Å²) in [6.07, 6.45) is 4.38. The highest BCUT2D eigenvalue weighted by atomic mass is 32.2. The molecule has 0 aliphatic carbocycles. The monoisotopic (exact) mass is 264 g/mol. The summed E-state index contributed by atoms with van der Waals surface area (Å²) < 4.78 is 14.2. The molecule has 0 aliphatic heterocycles. The average Bonchev–Trinajstić information content (AvgIpc) is 2.27. The van der Waals surface area contributed by atoms with Crippen molar-refractivity contribution in [2.75, 3.05) is 12.5 Å². The molecular formula is C16H21FS. The van der Waals surface area contributed by atoms with Crippen LogP contribution in [0, 0.1) is 5.82 Å². The predicted molar refractivity (Wildman–Crippen MR) is 81.7 cm³/mol. The van der Waals surface area contributed by atoms with Crippen LogP contribution < -0.4 is 0 Å². The lowest BCUT2D eigenvalue weighted by atomic mass is 9.86. The van der Waals surface area contributed by atoms with Gasteiger partial charge in [0.1, 0.15) is 5.82 Å². The highest BCUT2D eigenvalue weighted by molar-refractivity contribution is 8.15. The zero-order chi connectivity index (χ0) is 13.5. The Balaban J connectivity index is 2.66. The van der Waals surface area contributed by atoms with E-state index in [9.17, 15) is 4.39 Å². The molecule has 18 heavy (non-hydrogen) atoms. The number of halogens is 1. The first-order valence-corrected chi connectivity index (χ1v) is 8.44. The topological polar surface area (TPSA) is 0 Å². The first kappa shape index (κ1) is 13.4. The van der Waals surface area contributed by atoms with Gasteiger partial charge in [0.15, 0.2) is 0 Å². The lowest BCUT2D eigenvalue weighted by Gasteiger charge is -2.20. The second-order valence-electron chi connectivity index (χ2n) is 6.01. The predicted octanol–water partition coefficient (Wildman–Crippen LogP) is 4.90. The Morgan fingerprint density at radius 2 is 1.67 bits per heavy atom. The molecule has 0 bridgehead atoms. The third-order valence-corrected chi connectivity index (χ3v) is 4.58. The van der Waals surface area contributed by atoms with E-state index in [-0.39, 0.29) is 22.1 Å². The zero-order valence-electron chi connectivity index (χ0n) is 11.7. The van der Waals surface area contributed by atoms with Gasteiger partial charge in [-0.25, -0.2) is 15.3 Å². The summed E-state index contributed by atoms with van der Waals surface area (Å²) >= 11 is 0. The van der Waals surface area contributed by atoms with Crippen molar-refractivity contribution in [2.45, 2.75) is 31.1 Å². The molecule has 0 spiro atoms. The van der Waals surface area contributed by atoms with E-state index in [2.05, 4.69) is 45.4 Å². The van der Waals surface area contributed by atoms with Gasteiger partial charge >= 0.3 is 0 Å². The van der Waals surface area contributed by atoms with Crippen LogP contribution in [-0.2, 0) is 5.41 Å². The van der Waals surface area contributed by atoms with E-state index in [1.807, 2.05) is 12.1 Å². The average molecular weight is 264 g/mol. The summed E-state index contributed by atoms with van der Waals surface area (Å²) in [6.45, 7) is 6.33. The molecule has 0 heterocycles. The minimum atomic E-state index is -0.178. The van der Waals surface area contributed by atoms with E-state index in [4.69, 9.17) is 0 Å². The largest absolute Gasteiger partial charge is 0.233 e. The Morgan fingerprint density at radius 3 is 2.22 bits per heavy atom. The van der Waals surface area contributed by atoms with Crippen LogP contribution in [0.15, 0.2) is 35.2 Å². The van der Waals surface area contributed by atoms with Gasteiger partial charge in [0.2, 0.25) is 0 Å². The molecule has 0 saturated heterocycles. The molecule has 0 unspecified atom stereocenters. The van der Waals surface area contributed by atoms with Gasteiger partial charge in [0.05, 0.1) is 0 Å². The SMILES string of the molecule is C[SH](C)c1ccc2cc(C(C)(C)C)cc(F)c2c1. The van der Waals surface area contributed by atoms with Crippen LogP contribution in [0.4, 0.5) is 4.39 Å². The van der Waals surface area contributed by atoms with Gasteiger partial charge in [0, 0.05) is 5.39 Å². The highest BCUT2D eigenvalue weighted by Crippen LogP contribution is 2.34. The summed E-state index contributed by atoms with van der Waals surface area (Å²) in [6, 6.07) is 9.96. The van der Waals surface area contributed by atoms with Gasteiger partial charge in [0.25, 0.3) is 0 Å². The highest BCUT2D eigenvalue weighted by Gasteiger charge is 2.16. The molecule has 0 fully saturated rings. The summed E-state index contributed by atoms with van der Waals surface area (Å²) in [5.74, 6) is -0.101. The van der Waals surface area contributed by atoms with Gasteiger partial charge in [-0.2, -0.15) is 0 Å². The van der Waals surface area contributed by atoms with Crippen LogP contribution in [0.3, 0.4) is 0 Å². The summed E-state index contributed by atoms with van der Waals surface area (Å²) in [4.78, 5) is 1.25. The van der Waals surface area contributed by atoms with E-state index < -0.39 is 0 Å². The third-order valence-electron chi connectivity index (χ3n) is 3.27. The standard InChI is InChI=1S/C16H21FS/c1-16(2,3)12-8-11-6-7-13(18(4)5)10-14(11)15(17)9-12/h6-10,18H,1-5H3. The summed E-state index contributed by atoms with van der Waals surface area (Å²) in [5.41, 5.74) is 1.03. The fourth-order valence-corrected chi connectivity index (χ4v) is 2.77. The Morgan fingerprint density at radius 1 is 1.00 bits per heavy atom. The summed E-state index contributed by atoms with van der Waals surface area (Å²) in [5, 5.41) is 1.75. The fourth-order valence-electron chi connectivity index (χ4n) is 2.01. The molecule has 2 aromatic rings. The minimum Gasteiger partial charge on any atom is -0.233 e. The molecule has 0 aliphatic rings. The molecule has 0 amide bonds. The van der Waals surface area contributed by atoms with E-state index in [0.717, 1.165) is 16.3 Å². The van der Waals surface area contributed by atoms with Crippen molar-refractivity contribution in [3.63, 3.8) is 0 Å². The van der Waals surface area contributed by atoms with Crippen LogP contribution in [0.25, 0.3) is 10.8 Å². The van der Waals surface area contributed by atoms with E-state index >= 15 is 0 Å². The molecule has 0 atom stereocenters. The van der Waals surface area contributed by atoms with E-state index in [1.54, 1.807) is 6.07 Å². The van der Waals surface area contributed by atoms with Crippen molar-refractivity contribution < 1.29 is 4.39 Å². The van der Waals surface area contributed by atoms with Crippen molar-refractivity contribution in [2.24, 2.45) is 0 Å². The third kappa shape index (κ3) is 2.54. The number of rotatable bonds is 1. The quantitative estimate of drug-likeness (QED) is 0.696. The summed E-state index contributed by atoms with van der Waals surface area (Å²) in [7, 11) is -0.178. The molecule has 0 radical (unpaired) electrons. The van der Waals surface area contributed by atoms with Gasteiger partial charge < -0.3 is 0 Å². The van der Waals surface area contributed by atoms with Gasteiger partial charge in [-0.05, 0) is 52.0 Å². The van der Waals surface area contributed by atoms with Gasteiger partial charge in [-0.1, -0.05) is 32.9 Å². The first-order chi connectivity index (χ1) is 8.29. The molecule has 0 N–H and O–H groups in total. The van der Waals surface area contributed by atoms with Crippen molar-refractivity contribution in [3.8, 4) is 0 Å². The van der Waals surface area contributed by atoms with E-state index in [0.29, 0.717) is 0 Å². The number of hydrogen-bond acceptors (Lipinski definition) is 0. The molecule has 2 heteroatoms. The van der Waals surface area contributed by atoms with Crippen LogP contribution >= 0.6 is 10.9 Å². The fraction of sp³-hybridized carbons (Fsp3) is 0.375. The van der Waals surface area contributed by atoms with Crippen molar-refractivity contribution >= 4 is 21.7 Å². The molecule has 0 nitrogen and oxygen atoms in total. The zero-order valence-corrected chi connectivity index (χ0v) is 12.6. The lowest BCUT2D eigenvalue weighted by Crippen LogP contribution is -2.11. The lowest BCUT2D eigenvalue weighted by molar-refractivity contribution is 0.577. The number of thiol groups is 1. The Bertz CT molecular complexity index is 579. The molecule has 0 saturated carbocycles. The van der Waals surface area contributed by atoms with Gasteiger partial charge in [-0.3, -0.25) is 0 Å². The molecule has 0 aromatic heterocycles. The Labute approximate surface area is 112 Å². The number of fused-ring (bicyclic) bond motifs is 1. The second kappa shape index (κ2) is 4.58.